The molecule has 2 amide bonds. The summed E-state index contributed by atoms with van der Waals surface area (Å²) in [6.45, 7) is 6.23. The van der Waals surface area contributed by atoms with Crippen LogP contribution in [0.2, 0.25) is 0 Å². The fourth-order valence-corrected chi connectivity index (χ4v) is 4.10. The van der Waals surface area contributed by atoms with E-state index < -0.39 is 5.41 Å². The molecule has 2 aromatic carbocycles. The molecule has 5 heteroatoms. The number of nitrogens with zero attached hydrogens (tertiary/aromatic N) is 2. The fraction of sp³-hybridized carbons (Fsp3) is 0.391. The average Bonchev–Trinajstić information content (AvgIpc) is 2.74. The number of piperazine rings is 1. The number of thioether (sulfide) groups is 1. The Hall–Kier alpha value is -2.27. The van der Waals surface area contributed by atoms with Gasteiger partial charge < -0.3 is 9.80 Å². The summed E-state index contributed by atoms with van der Waals surface area (Å²) in [4.78, 5) is 29.6. The Kier molecular flexibility index (Phi) is 6.45. The summed E-state index contributed by atoms with van der Waals surface area (Å²) in [6, 6.07) is 17.7. The Morgan fingerprint density at radius 1 is 0.893 bits per heavy atom. The number of hydrogen-bond acceptors (Lipinski definition) is 3. The van der Waals surface area contributed by atoms with Gasteiger partial charge in [0.05, 0.1) is 5.41 Å². The summed E-state index contributed by atoms with van der Waals surface area (Å²) >= 11 is 1.77. The van der Waals surface area contributed by atoms with E-state index in [1.165, 1.54) is 5.56 Å². The van der Waals surface area contributed by atoms with E-state index in [0.717, 1.165) is 11.3 Å². The summed E-state index contributed by atoms with van der Waals surface area (Å²) in [5, 5.41) is 0. The highest BCUT2D eigenvalue weighted by atomic mass is 32.2. The molecule has 148 valence electrons. The average molecular weight is 397 g/mol. The van der Waals surface area contributed by atoms with Crippen molar-refractivity contribution in [3.05, 3.63) is 71.3 Å². The molecule has 1 heterocycles. The Labute approximate surface area is 171 Å². The number of carbonyl (C=O) groups excluding carboxylic acids is 2. The van der Waals surface area contributed by atoms with Crippen molar-refractivity contribution in [3.8, 4) is 0 Å². The van der Waals surface area contributed by atoms with Crippen molar-refractivity contribution in [1.82, 2.24) is 9.80 Å². The first-order chi connectivity index (χ1) is 13.4. The predicted molar refractivity (Wildman–Crippen MR) is 116 cm³/mol. The molecule has 0 aromatic heterocycles. The number of rotatable bonds is 5. The molecule has 0 radical (unpaired) electrons. The number of carbonyl (C=O) groups is 2. The smallest absolute Gasteiger partial charge is 0.253 e. The van der Waals surface area contributed by atoms with Crippen LogP contribution in [0.1, 0.15) is 35.3 Å². The molecular formula is C23H28N2O2S. The second kappa shape index (κ2) is 8.82. The maximum Gasteiger partial charge on any atom is 0.253 e. The minimum Gasteiger partial charge on any atom is -0.338 e. The van der Waals surface area contributed by atoms with Crippen molar-refractivity contribution < 1.29 is 9.59 Å². The highest BCUT2D eigenvalue weighted by Crippen LogP contribution is 2.26. The highest BCUT2D eigenvalue weighted by Gasteiger charge is 2.35. The molecule has 1 aliphatic heterocycles. The number of hydrogen-bond donors (Lipinski definition) is 0. The minimum atomic E-state index is -0.569. The molecule has 0 bridgehead atoms. The summed E-state index contributed by atoms with van der Waals surface area (Å²) in [6.07, 6.45) is 2.07. The Bertz CT molecular complexity index is 810. The van der Waals surface area contributed by atoms with Crippen LogP contribution in [0.25, 0.3) is 0 Å². The van der Waals surface area contributed by atoms with Crippen LogP contribution >= 0.6 is 11.8 Å². The van der Waals surface area contributed by atoms with Crippen molar-refractivity contribution in [1.29, 1.82) is 0 Å². The van der Waals surface area contributed by atoms with E-state index in [-0.39, 0.29) is 11.8 Å². The van der Waals surface area contributed by atoms with E-state index in [2.05, 4.69) is 6.26 Å². The molecule has 1 saturated heterocycles. The second-order valence-electron chi connectivity index (χ2n) is 7.71. The summed E-state index contributed by atoms with van der Waals surface area (Å²) < 4.78 is 0. The van der Waals surface area contributed by atoms with Gasteiger partial charge in [0.15, 0.2) is 0 Å². The van der Waals surface area contributed by atoms with Gasteiger partial charge in [0, 0.05) is 37.5 Å². The molecule has 0 N–H and O–H groups in total. The zero-order valence-corrected chi connectivity index (χ0v) is 17.7. The molecule has 4 nitrogen and oxygen atoms in total. The van der Waals surface area contributed by atoms with Crippen LogP contribution in [0.5, 0.6) is 0 Å². The van der Waals surface area contributed by atoms with E-state index in [4.69, 9.17) is 0 Å². The van der Waals surface area contributed by atoms with Gasteiger partial charge in [-0.25, -0.2) is 0 Å². The number of benzene rings is 2. The molecule has 0 aliphatic carbocycles. The first-order valence-electron chi connectivity index (χ1n) is 9.65. The van der Waals surface area contributed by atoms with Gasteiger partial charge in [0.1, 0.15) is 0 Å². The third-order valence-corrected chi connectivity index (χ3v) is 6.02. The van der Waals surface area contributed by atoms with Crippen LogP contribution in [0, 0.1) is 0 Å². The van der Waals surface area contributed by atoms with Crippen LogP contribution in [0.15, 0.2) is 54.6 Å². The summed E-state index contributed by atoms with van der Waals surface area (Å²) in [5.41, 5.74) is 2.39. The van der Waals surface area contributed by atoms with Gasteiger partial charge in [-0.3, -0.25) is 9.59 Å². The molecule has 0 atom stereocenters. The van der Waals surface area contributed by atoms with Gasteiger partial charge in [-0.1, -0.05) is 42.5 Å². The number of amides is 2. The monoisotopic (exact) mass is 396 g/mol. The van der Waals surface area contributed by atoms with E-state index in [0.29, 0.717) is 31.7 Å². The molecule has 0 spiro atoms. The molecule has 3 rings (SSSR count). The van der Waals surface area contributed by atoms with Crippen molar-refractivity contribution in [2.24, 2.45) is 0 Å². The zero-order chi connectivity index (χ0) is 20.1. The van der Waals surface area contributed by atoms with Crippen molar-refractivity contribution in [2.75, 3.05) is 32.4 Å². The summed E-state index contributed by atoms with van der Waals surface area (Å²) in [5.74, 6) is 1.12. The molecule has 1 fully saturated rings. The maximum atomic E-state index is 13.1. The SMILES string of the molecule is CSCc1ccc(C(=O)N2CCN(C(=O)C(C)(C)c3ccccc3)CC2)cc1. The van der Waals surface area contributed by atoms with Gasteiger partial charge in [0.2, 0.25) is 5.91 Å². The van der Waals surface area contributed by atoms with Crippen molar-refractivity contribution in [3.63, 3.8) is 0 Å². The Morgan fingerprint density at radius 3 is 2.04 bits per heavy atom. The minimum absolute atomic E-state index is 0.0464. The van der Waals surface area contributed by atoms with Crippen molar-refractivity contribution >= 4 is 23.6 Å². The highest BCUT2D eigenvalue weighted by molar-refractivity contribution is 7.97. The lowest BCUT2D eigenvalue weighted by Crippen LogP contribution is -2.54. The van der Waals surface area contributed by atoms with E-state index >= 15 is 0 Å². The fourth-order valence-electron chi connectivity index (χ4n) is 3.58. The third-order valence-electron chi connectivity index (χ3n) is 5.40. The molecular weight excluding hydrogens is 368 g/mol. The van der Waals surface area contributed by atoms with Gasteiger partial charge >= 0.3 is 0 Å². The quantitative estimate of drug-likeness (QED) is 0.772. The van der Waals surface area contributed by atoms with Crippen LogP contribution in [-0.2, 0) is 16.0 Å². The lowest BCUT2D eigenvalue weighted by atomic mass is 9.83. The van der Waals surface area contributed by atoms with Gasteiger partial charge in [0.25, 0.3) is 5.91 Å². The first kappa shape index (κ1) is 20.5. The lowest BCUT2D eigenvalue weighted by Gasteiger charge is -2.38. The second-order valence-corrected chi connectivity index (χ2v) is 8.57. The van der Waals surface area contributed by atoms with E-state index in [9.17, 15) is 9.59 Å². The molecule has 2 aromatic rings. The molecule has 0 saturated carbocycles. The topological polar surface area (TPSA) is 40.6 Å². The van der Waals surface area contributed by atoms with Gasteiger partial charge in [-0.15, -0.1) is 0 Å². The largest absolute Gasteiger partial charge is 0.338 e. The molecule has 1 aliphatic rings. The standard InChI is InChI=1S/C23H28N2O2S/c1-23(2,20-7-5-4-6-8-20)22(27)25-15-13-24(14-16-25)21(26)19-11-9-18(10-12-19)17-28-3/h4-12H,13-17H2,1-3H3. The zero-order valence-electron chi connectivity index (χ0n) is 16.9. The first-order valence-corrected chi connectivity index (χ1v) is 11.0. The normalized spacial score (nSPS) is 14.8. The van der Waals surface area contributed by atoms with Crippen LogP contribution in [-0.4, -0.2) is 54.0 Å². The van der Waals surface area contributed by atoms with E-state index in [1.807, 2.05) is 78.2 Å². The van der Waals surface area contributed by atoms with Gasteiger partial charge in [-0.2, -0.15) is 11.8 Å². The summed E-state index contributed by atoms with van der Waals surface area (Å²) in [7, 11) is 0. The van der Waals surface area contributed by atoms with E-state index in [1.54, 1.807) is 11.8 Å². The maximum absolute atomic E-state index is 13.1. The Morgan fingerprint density at radius 2 is 1.46 bits per heavy atom. The predicted octanol–water partition coefficient (Wildman–Crippen LogP) is 3.81. The lowest BCUT2D eigenvalue weighted by molar-refractivity contribution is -0.137. The van der Waals surface area contributed by atoms with Crippen LogP contribution in [0.3, 0.4) is 0 Å². The molecule has 28 heavy (non-hydrogen) atoms. The van der Waals surface area contributed by atoms with Crippen LogP contribution in [0.4, 0.5) is 0 Å². The Balaban J connectivity index is 1.60. The molecule has 0 unspecified atom stereocenters. The van der Waals surface area contributed by atoms with Crippen LogP contribution < -0.4 is 0 Å². The third kappa shape index (κ3) is 4.41. The van der Waals surface area contributed by atoms with Crippen molar-refractivity contribution in [2.45, 2.75) is 25.0 Å². The van der Waals surface area contributed by atoms with Gasteiger partial charge in [-0.05, 0) is 43.4 Å².